The standard InChI is InChI=1S/C16H27N3S/c1-5-14-11(3)20-15(18-14)16(17-6-2)9-12-7-8-13(10-16)19(12)4/h12-13,17H,5-10H2,1-4H3. The van der Waals surface area contributed by atoms with Crippen molar-refractivity contribution in [3.05, 3.63) is 15.6 Å². The Hall–Kier alpha value is -0.450. The van der Waals surface area contributed by atoms with Crippen LogP contribution in [-0.2, 0) is 12.0 Å². The first-order valence-corrected chi connectivity index (χ1v) is 8.85. The summed E-state index contributed by atoms with van der Waals surface area (Å²) in [6.07, 6.45) is 6.23. The van der Waals surface area contributed by atoms with Crippen LogP contribution in [0, 0.1) is 6.92 Å². The van der Waals surface area contributed by atoms with Gasteiger partial charge in [-0.05, 0) is 52.6 Å². The molecule has 2 bridgehead atoms. The molecule has 3 heterocycles. The van der Waals surface area contributed by atoms with Gasteiger partial charge in [0.2, 0.25) is 0 Å². The second kappa shape index (κ2) is 5.39. The van der Waals surface area contributed by atoms with E-state index in [2.05, 4.69) is 38.0 Å². The van der Waals surface area contributed by atoms with Crippen LogP contribution in [0.15, 0.2) is 0 Å². The highest BCUT2D eigenvalue weighted by Crippen LogP contribution is 2.46. The van der Waals surface area contributed by atoms with E-state index in [4.69, 9.17) is 4.98 Å². The van der Waals surface area contributed by atoms with Gasteiger partial charge in [-0.25, -0.2) is 4.98 Å². The molecule has 2 saturated heterocycles. The molecular formula is C16H27N3S. The molecule has 2 fully saturated rings. The summed E-state index contributed by atoms with van der Waals surface area (Å²) >= 11 is 1.93. The zero-order valence-electron chi connectivity index (χ0n) is 13.2. The SMILES string of the molecule is CCNC1(c2nc(CC)c(C)s2)CC2CCC(C1)N2C. The highest BCUT2D eigenvalue weighted by Gasteiger charge is 2.48. The second-order valence-corrected chi connectivity index (χ2v) is 7.65. The van der Waals surface area contributed by atoms with Crippen LogP contribution in [0.25, 0.3) is 0 Å². The summed E-state index contributed by atoms with van der Waals surface area (Å²) in [4.78, 5) is 9.02. The lowest BCUT2D eigenvalue weighted by molar-refractivity contribution is 0.0898. The molecule has 1 aromatic rings. The van der Waals surface area contributed by atoms with Crippen LogP contribution >= 0.6 is 11.3 Å². The molecule has 0 amide bonds. The molecule has 2 aliphatic heterocycles. The third kappa shape index (κ3) is 2.22. The van der Waals surface area contributed by atoms with E-state index in [0.29, 0.717) is 0 Å². The van der Waals surface area contributed by atoms with Gasteiger partial charge in [-0.1, -0.05) is 13.8 Å². The van der Waals surface area contributed by atoms with Gasteiger partial charge < -0.3 is 10.2 Å². The first kappa shape index (κ1) is 14.5. The van der Waals surface area contributed by atoms with Crippen molar-refractivity contribution in [1.29, 1.82) is 0 Å². The van der Waals surface area contributed by atoms with Gasteiger partial charge in [-0.15, -0.1) is 11.3 Å². The summed E-state index contributed by atoms with van der Waals surface area (Å²) in [5, 5.41) is 5.17. The maximum Gasteiger partial charge on any atom is 0.113 e. The van der Waals surface area contributed by atoms with Crippen LogP contribution in [-0.4, -0.2) is 35.6 Å². The summed E-state index contributed by atoms with van der Waals surface area (Å²) in [5.41, 5.74) is 1.43. The summed E-state index contributed by atoms with van der Waals surface area (Å²) in [5.74, 6) is 0. The summed E-state index contributed by atoms with van der Waals surface area (Å²) in [6.45, 7) is 7.69. The molecule has 0 radical (unpaired) electrons. The van der Waals surface area contributed by atoms with Crippen molar-refractivity contribution in [2.75, 3.05) is 13.6 Å². The van der Waals surface area contributed by atoms with Crippen molar-refractivity contribution in [3.63, 3.8) is 0 Å². The summed E-state index contributed by atoms with van der Waals surface area (Å²) in [6, 6.07) is 1.48. The molecule has 20 heavy (non-hydrogen) atoms. The normalized spacial score (nSPS) is 33.8. The molecule has 1 aromatic heterocycles. The molecule has 112 valence electrons. The number of aryl methyl sites for hydroxylation is 2. The van der Waals surface area contributed by atoms with Crippen molar-refractivity contribution < 1.29 is 0 Å². The number of rotatable bonds is 4. The van der Waals surface area contributed by atoms with E-state index >= 15 is 0 Å². The molecule has 0 aromatic carbocycles. The van der Waals surface area contributed by atoms with E-state index in [1.54, 1.807) is 0 Å². The predicted octanol–water partition coefficient (Wildman–Crippen LogP) is 3.08. The maximum atomic E-state index is 5.00. The number of aromatic nitrogens is 1. The molecule has 3 nitrogen and oxygen atoms in total. The Morgan fingerprint density at radius 2 is 1.95 bits per heavy atom. The molecule has 2 atom stereocenters. The van der Waals surface area contributed by atoms with Gasteiger partial charge in [0.15, 0.2) is 0 Å². The first-order chi connectivity index (χ1) is 9.59. The zero-order valence-corrected chi connectivity index (χ0v) is 14.0. The molecule has 0 saturated carbocycles. The van der Waals surface area contributed by atoms with Crippen LogP contribution < -0.4 is 5.32 Å². The number of nitrogens with zero attached hydrogens (tertiary/aromatic N) is 2. The lowest BCUT2D eigenvalue weighted by Gasteiger charge is -2.44. The highest BCUT2D eigenvalue weighted by molar-refractivity contribution is 7.11. The fourth-order valence-electron chi connectivity index (χ4n) is 4.16. The van der Waals surface area contributed by atoms with E-state index in [9.17, 15) is 0 Å². The number of nitrogens with one attached hydrogen (secondary N) is 1. The Bertz CT molecular complexity index is 468. The van der Waals surface area contributed by atoms with Gasteiger partial charge >= 0.3 is 0 Å². The van der Waals surface area contributed by atoms with Crippen LogP contribution in [0.2, 0.25) is 0 Å². The summed E-state index contributed by atoms with van der Waals surface area (Å²) < 4.78 is 0. The molecular weight excluding hydrogens is 266 g/mol. The molecule has 1 N–H and O–H groups in total. The molecule has 4 heteroatoms. The Labute approximate surface area is 126 Å². The van der Waals surface area contributed by atoms with Crippen LogP contribution in [0.3, 0.4) is 0 Å². The fraction of sp³-hybridized carbons (Fsp3) is 0.812. The lowest BCUT2D eigenvalue weighted by Crippen LogP contribution is -2.54. The van der Waals surface area contributed by atoms with Gasteiger partial charge in [-0.2, -0.15) is 0 Å². The molecule has 2 unspecified atom stereocenters. The Morgan fingerprint density at radius 1 is 1.30 bits per heavy atom. The minimum Gasteiger partial charge on any atom is -0.306 e. The van der Waals surface area contributed by atoms with Gasteiger partial charge in [0.05, 0.1) is 11.2 Å². The van der Waals surface area contributed by atoms with Crippen molar-refractivity contribution >= 4 is 11.3 Å². The highest BCUT2D eigenvalue weighted by atomic mass is 32.1. The Kier molecular flexibility index (Phi) is 3.91. The van der Waals surface area contributed by atoms with E-state index in [1.807, 2.05) is 11.3 Å². The van der Waals surface area contributed by atoms with Crippen molar-refractivity contribution in [3.8, 4) is 0 Å². The maximum absolute atomic E-state index is 5.00. The van der Waals surface area contributed by atoms with E-state index in [0.717, 1.165) is 25.0 Å². The quantitative estimate of drug-likeness (QED) is 0.924. The van der Waals surface area contributed by atoms with Gasteiger partial charge in [0, 0.05) is 17.0 Å². The second-order valence-electron chi connectivity index (χ2n) is 6.45. The monoisotopic (exact) mass is 293 g/mol. The third-order valence-corrected chi connectivity index (χ3v) is 6.52. The van der Waals surface area contributed by atoms with Crippen LogP contribution in [0.5, 0.6) is 0 Å². The summed E-state index contributed by atoms with van der Waals surface area (Å²) in [7, 11) is 2.31. The minimum atomic E-state index is 0.135. The number of fused-ring (bicyclic) bond motifs is 2. The molecule has 3 rings (SSSR count). The van der Waals surface area contributed by atoms with Gasteiger partial charge in [0.25, 0.3) is 0 Å². The van der Waals surface area contributed by atoms with E-state index < -0.39 is 0 Å². The van der Waals surface area contributed by atoms with E-state index in [1.165, 1.54) is 41.3 Å². The zero-order chi connectivity index (χ0) is 14.3. The van der Waals surface area contributed by atoms with Gasteiger partial charge in [-0.3, -0.25) is 0 Å². The van der Waals surface area contributed by atoms with Crippen molar-refractivity contribution in [2.24, 2.45) is 0 Å². The lowest BCUT2D eigenvalue weighted by atomic mass is 9.83. The Morgan fingerprint density at radius 3 is 2.45 bits per heavy atom. The molecule has 0 aliphatic carbocycles. The fourth-order valence-corrected chi connectivity index (χ4v) is 5.35. The van der Waals surface area contributed by atoms with Crippen molar-refractivity contribution in [2.45, 2.75) is 70.5 Å². The van der Waals surface area contributed by atoms with Crippen LogP contribution in [0.1, 0.15) is 55.1 Å². The number of hydrogen-bond acceptors (Lipinski definition) is 4. The average Bonchev–Trinajstić information content (AvgIpc) is 2.89. The van der Waals surface area contributed by atoms with Crippen LogP contribution in [0.4, 0.5) is 0 Å². The molecule has 2 aliphatic rings. The van der Waals surface area contributed by atoms with Gasteiger partial charge in [0.1, 0.15) is 5.01 Å². The first-order valence-electron chi connectivity index (χ1n) is 8.03. The largest absolute Gasteiger partial charge is 0.306 e. The third-order valence-electron chi connectivity index (χ3n) is 5.31. The average molecular weight is 293 g/mol. The topological polar surface area (TPSA) is 28.2 Å². The number of piperidine rings is 1. The predicted molar refractivity (Wildman–Crippen MR) is 85.4 cm³/mol. The Balaban J connectivity index is 1.96. The minimum absolute atomic E-state index is 0.135. The number of hydrogen-bond donors (Lipinski definition) is 1. The number of thiazole rings is 1. The smallest absolute Gasteiger partial charge is 0.113 e. The molecule has 0 spiro atoms. The van der Waals surface area contributed by atoms with E-state index in [-0.39, 0.29) is 5.54 Å². The van der Waals surface area contributed by atoms with Crippen molar-refractivity contribution in [1.82, 2.24) is 15.2 Å².